The molecule has 1 aliphatic heterocycles. The Balaban J connectivity index is 2.24. The number of anilines is 1. The van der Waals surface area contributed by atoms with Gasteiger partial charge in [0.15, 0.2) is 0 Å². The van der Waals surface area contributed by atoms with E-state index in [0.29, 0.717) is 12.6 Å². The monoisotopic (exact) mass is 224 g/mol. The van der Waals surface area contributed by atoms with Crippen LogP contribution in [0.5, 0.6) is 0 Å². The molecule has 1 aliphatic rings. The van der Waals surface area contributed by atoms with Crippen molar-refractivity contribution in [2.45, 2.75) is 26.3 Å². The van der Waals surface area contributed by atoms with E-state index in [0.717, 1.165) is 37.6 Å². The first-order valence-electron chi connectivity index (χ1n) is 5.80. The highest BCUT2D eigenvalue weighted by Crippen LogP contribution is 2.26. The molecule has 1 unspecified atom stereocenters. The molecule has 0 saturated carbocycles. The van der Waals surface area contributed by atoms with Crippen molar-refractivity contribution in [3.8, 4) is 0 Å². The molecule has 0 spiro atoms. The maximum atomic E-state index is 5.69. The van der Waals surface area contributed by atoms with Gasteiger partial charge in [0.25, 0.3) is 0 Å². The third-order valence-corrected chi connectivity index (χ3v) is 3.09. The van der Waals surface area contributed by atoms with E-state index in [2.05, 4.69) is 22.0 Å². The first kappa shape index (κ1) is 11.4. The van der Waals surface area contributed by atoms with Crippen molar-refractivity contribution in [2.24, 2.45) is 5.73 Å². The number of nitrogens with two attached hydrogens (primary N) is 1. The minimum absolute atomic E-state index is 0.443. The highest BCUT2D eigenvalue weighted by atomic mass is 16.5. The van der Waals surface area contributed by atoms with Gasteiger partial charge in [-0.05, 0) is 20.3 Å². The number of hydrogen-bond acceptors (Lipinski definition) is 4. The lowest BCUT2D eigenvalue weighted by atomic mass is 10.1. The zero-order chi connectivity index (χ0) is 11.5. The van der Waals surface area contributed by atoms with Gasteiger partial charge in [0, 0.05) is 19.7 Å². The average Bonchev–Trinajstić information content (AvgIpc) is 2.87. The fourth-order valence-corrected chi connectivity index (χ4v) is 2.35. The smallest absolute Gasteiger partial charge is 0.0827 e. The van der Waals surface area contributed by atoms with Gasteiger partial charge in [0.2, 0.25) is 0 Å². The van der Waals surface area contributed by atoms with Crippen LogP contribution in [0, 0.1) is 13.8 Å². The molecule has 1 fully saturated rings. The van der Waals surface area contributed by atoms with E-state index >= 15 is 0 Å². The normalized spacial score (nSPS) is 20.3. The maximum absolute atomic E-state index is 5.69. The molecule has 1 saturated heterocycles. The first-order chi connectivity index (χ1) is 7.74. The van der Waals surface area contributed by atoms with Crippen molar-refractivity contribution in [3.63, 3.8) is 0 Å². The SMILES string of the molecule is Cc1n[nH]c(C)c1N(CCN)C1CCOC1. The molecule has 90 valence electrons. The van der Waals surface area contributed by atoms with E-state index in [1.165, 1.54) is 5.69 Å². The van der Waals surface area contributed by atoms with Crippen molar-refractivity contribution >= 4 is 5.69 Å². The van der Waals surface area contributed by atoms with Crippen LogP contribution in [-0.2, 0) is 4.74 Å². The van der Waals surface area contributed by atoms with Crippen LogP contribution in [0.4, 0.5) is 5.69 Å². The van der Waals surface area contributed by atoms with Crippen molar-refractivity contribution in [1.82, 2.24) is 10.2 Å². The van der Waals surface area contributed by atoms with Gasteiger partial charge in [0.05, 0.1) is 29.7 Å². The summed E-state index contributed by atoms with van der Waals surface area (Å²) in [7, 11) is 0. The number of H-pyrrole nitrogens is 1. The summed E-state index contributed by atoms with van der Waals surface area (Å²) < 4.78 is 5.45. The molecule has 0 aliphatic carbocycles. The topological polar surface area (TPSA) is 67.2 Å². The Morgan fingerprint density at radius 1 is 1.56 bits per heavy atom. The Hall–Kier alpha value is -1.07. The number of nitrogens with zero attached hydrogens (tertiary/aromatic N) is 2. The summed E-state index contributed by atoms with van der Waals surface area (Å²) in [6.07, 6.45) is 1.07. The second-order valence-electron chi connectivity index (χ2n) is 4.28. The number of aromatic amines is 1. The lowest BCUT2D eigenvalue weighted by Gasteiger charge is -2.29. The Labute approximate surface area is 96.0 Å². The molecule has 0 aromatic carbocycles. The summed E-state index contributed by atoms with van der Waals surface area (Å²) in [5.74, 6) is 0. The van der Waals surface area contributed by atoms with Gasteiger partial charge in [0.1, 0.15) is 0 Å². The Bertz CT molecular complexity index is 324. The van der Waals surface area contributed by atoms with Crippen molar-refractivity contribution in [1.29, 1.82) is 0 Å². The minimum atomic E-state index is 0.443. The van der Waals surface area contributed by atoms with Crippen LogP contribution < -0.4 is 10.6 Å². The highest BCUT2D eigenvalue weighted by molar-refractivity contribution is 5.55. The lowest BCUT2D eigenvalue weighted by Crippen LogP contribution is -2.40. The second kappa shape index (κ2) is 4.84. The second-order valence-corrected chi connectivity index (χ2v) is 4.28. The van der Waals surface area contributed by atoms with Crippen molar-refractivity contribution in [3.05, 3.63) is 11.4 Å². The van der Waals surface area contributed by atoms with E-state index in [1.807, 2.05) is 6.92 Å². The Morgan fingerprint density at radius 3 is 2.88 bits per heavy atom. The third kappa shape index (κ3) is 2.05. The Kier molecular flexibility index (Phi) is 3.46. The standard InChI is InChI=1S/C11H20N4O/c1-8-11(9(2)14-13-8)15(5-4-12)10-3-6-16-7-10/h10H,3-7,12H2,1-2H3,(H,13,14). The summed E-state index contributed by atoms with van der Waals surface area (Å²) in [4.78, 5) is 2.33. The quantitative estimate of drug-likeness (QED) is 0.785. The number of rotatable bonds is 4. The Morgan fingerprint density at radius 2 is 2.38 bits per heavy atom. The summed E-state index contributed by atoms with van der Waals surface area (Å²) in [5.41, 5.74) is 9.03. The van der Waals surface area contributed by atoms with Crippen LogP contribution >= 0.6 is 0 Å². The van der Waals surface area contributed by atoms with Gasteiger partial charge in [-0.1, -0.05) is 0 Å². The van der Waals surface area contributed by atoms with E-state index in [-0.39, 0.29) is 0 Å². The highest BCUT2D eigenvalue weighted by Gasteiger charge is 2.26. The molecule has 0 amide bonds. The molecule has 5 heteroatoms. The van der Waals surface area contributed by atoms with Gasteiger partial charge < -0.3 is 15.4 Å². The van der Waals surface area contributed by atoms with Gasteiger partial charge in [-0.15, -0.1) is 0 Å². The molecular formula is C11H20N4O. The molecule has 2 heterocycles. The number of ether oxygens (including phenoxy) is 1. The number of hydrogen-bond donors (Lipinski definition) is 2. The molecular weight excluding hydrogens is 204 g/mol. The van der Waals surface area contributed by atoms with Crippen LogP contribution in [0.2, 0.25) is 0 Å². The molecule has 2 rings (SSSR count). The zero-order valence-electron chi connectivity index (χ0n) is 9.99. The fourth-order valence-electron chi connectivity index (χ4n) is 2.35. The largest absolute Gasteiger partial charge is 0.379 e. The predicted molar refractivity (Wildman–Crippen MR) is 63.7 cm³/mol. The van der Waals surface area contributed by atoms with Crippen LogP contribution in [0.15, 0.2) is 0 Å². The fraction of sp³-hybridized carbons (Fsp3) is 0.727. The third-order valence-electron chi connectivity index (χ3n) is 3.09. The molecule has 16 heavy (non-hydrogen) atoms. The van der Waals surface area contributed by atoms with Crippen molar-refractivity contribution in [2.75, 3.05) is 31.2 Å². The minimum Gasteiger partial charge on any atom is -0.379 e. The summed E-state index contributed by atoms with van der Waals surface area (Å²) >= 11 is 0. The van der Waals surface area contributed by atoms with Crippen LogP contribution in [0.25, 0.3) is 0 Å². The predicted octanol–water partition coefficient (Wildman–Crippen LogP) is 0.581. The maximum Gasteiger partial charge on any atom is 0.0827 e. The van der Waals surface area contributed by atoms with Crippen LogP contribution in [-0.4, -0.2) is 42.5 Å². The van der Waals surface area contributed by atoms with Gasteiger partial charge >= 0.3 is 0 Å². The van der Waals surface area contributed by atoms with Gasteiger partial charge in [-0.2, -0.15) is 5.10 Å². The molecule has 1 aromatic heterocycles. The first-order valence-corrected chi connectivity index (χ1v) is 5.80. The summed E-state index contributed by atoms with van der Waals surface area (Å²) in [6, 6.07) is 0.443. The van der Waals surface area contributed by atoms with Crippen LogP contribution in [0.3, 0.4) is 0 Å². The van der Waals surface area contributed by atoms with Crippen LogP contribution in [0.1, 0.15) is 17.8 Å². The zero-order valence-corrected chi connectivity index (χ0v) is 9.99. The molecule has 1 aromatic rings. The molecule has 0 bridgehead atoms. The van der Waals surface area contributed by atoms with E-state index in [1.54, 1.807) is 0 Å². The van der Waals surface area contributed by atoms with Gasteiger partial charge in [-0.3, -0.25) is 5.10 Å². The molecule has 0 radical (unpaired) electrons. The van der Waals surface area contributed by atoms with E-state index in [9.17, 15) is 0 Å². The van der Waals surface area contributed by atoms with Gasteiger partial charge in [-0.25, -0.2) is 0 Å². The van der Waals surface area contributed by atoms with E-state index in [4.69, 9.17) is 10.5 Å². The lowest BCUT2D eigenvalue weighted by molar-refractivity contribution is 0.193. The van der Waals surface area contributed by atoms with Crippen molar-refractivity contribution < 1.29 is 4.74 Å². The number of aryl methyl sites for hydroxylation is 2. The van der Waals surface area contributed by atoms with E-state index < -0.39 is 0 Å². The molecule has 3 N–H and O–H groups in total. The summed E-state index contributed by atoms with van der Waals surface area (Å²) in [6.45, 7) is 7.23. The molecule has 5 nitrogen and oxygen atoms in total. The number of nitrogens with one attached hydrogen (secondary N) is 1. The average molecular weight is 224 g/mol. The number of aromatic nitrogens is 2. The molecule has 1 atom stereocenters. The summed E-state index contributed by atoms with van der Waals surface area (Å²) in [5, 5.41) is 7.27.